The van der Waals surface area contributed by atoms with Crippen molar-refractivity contribution in [1.29, 1.82) is 0 Å². The van der Waals surface area contributed by atoms with Crippen LogP contribution in [0.2, 0.25) is 0 Å². The maximum absolute atomic E-state index is 2.43. The molecule has 0 aromatic heterocycles. The molecular weight excluding hydrogens is 302 g/mol. The van der Waals surface area contributed by atoms with E-state index in [0.29, 0.717) is 0 Å². The Morgan fingerprint density at radius 3 is 2.28 bits per heavy atom. The predicted octanol–water partition coefficient (Wildman–Crippen LogP) is 5.78. The van der Waals surface area contributed by atoms with Crippen LogP contribution in [0.25, 0.3) is 11.1 Å². The molecule has 2 aromatic carbocycles. The Balaban J connectivity index is 1.94. The topological polar surface area (TPSA) is 3.24 Å². The third-order valence-electron chi connectivity index (χ3n) is 7.75. The van der Waals surface area contributed by atoms with E-state index in [1.165, 1.54) is 27.8 Å². The summed E-state index contributed by atoms with van der Waals surface area (Å²) in [6.45, 7) is 12.0. The van der Waals surface area contributed by atoms with Crippen LogP contribution >= 0.6 is 0 Å². The van der Waals surface area contributed by atoms with Crippen LogP contribution in [0, 0.1) is 5.41 Å². The van der Waals surface area contributed by atoms with Crippen molar-refractivity contribution in [1.82, 2.24) is 4.90 Å². The maximum Gasteiger partial charge on any atom is 0.0399 e. The molecule has 0 saturated heterocycles. The molecule has 1 atom stereocenters. The van der Waals surface area contributed by atoms with Crippen LogP contribution in [0.1, 0.15) is 51.3 Å². The quantitative estimate of drug-likeness (QED) is 0.546. The van der Waals surface area contributed by atoms with Crippen molar-refractivity contribution in [2.45, 2.75) is 52.0 Å². The van der Waals surface area contributed by atoms with Gasteiger partial charge in [-0.2, -0.15) is 0 Å². The molecule has 4 rings (SSSR count). The van der Waals surface area contributed by atoms with Gasteiger partial charge in [0.15, 0.2) is 0 Å². The summed E-state index contributed by atoms with van der Waals surface area (Å²) in [5, 5.41) is 0. The van der Waals surface area contributed by atoms with E-state index in [4.69, 9.17) is 0 Å². The second-order valence-corrected chi connectivity index (χ2v) is 8.98. The molecule has 0 fully saturated rings. The Kier molecular flexibility index (Phi) is 3.29. The standard InChI is InChI=1S/C24H29N/c1-22(2)23(3,4)25(6)15-14-24(22,5)21-13-9-12-19-18-11-8-7-10-17(18)16-20(19)21/h7-15H,16H2,1-6H3. The molecule has 1 heterocycles. The Morgan fingerprint density at radius 1 is 0.840 bits per heavy atom. The van der Waals surface area contributed by atoms with E-state index in [1.807, 2.05) is 0 Å². The van der Waals surface area contributed by atoms with E-state index in [1.54, 1.807) is 0 Å². The number of fused-ring (bicyclic) bond motifs is 3. The molecule has 0 amide bonds. The summed E-state index contributed by atoms with van der Waals surface area (Å²) in [7, 11) is 2.20. The van der Waals surface area contributed by atoms with Gasteiger partial charge in [0.2, 0.25) is 0 Å². The van der Waals surface area contributed by atoms with Gasteiger partial charge in [0, 0.05) is 23.4 Å². The van der Waals surface area contributed by atoms with Crippen molar-refractivity contribution in [2.75, 3.05) is 7.05 Å². The van der Waals surface area contributed by atoms with Gasteiger partial charge in [-0.15, -0.1) is 0 Å². The normalized spacial score (nSPS) is 25.6. The first-order valence-corrected chi connectivity index (χ1v) is 9.33. The molecular formula is C24H29N. The summed E-state index contributed by atoms with van der Waals surface area (Å²) in [5.74, 6) is 0. The minimum atomic E-state index is -0.00358. The molecule has 0 bridgehead atoms. The van der Waals surface area contributed by atoms with E-state index in [-0.39, 0.29) is 16.4 Å². The lowest BCUT2D eigenvalue weighted by Gasteiger charge is -2.59. The average molecular weight is 332 g/mol. The van der Waals surface area contributed by atoms with E-state index in [2.05, 4.69) is 101 Å². The molecule has 0 spiro atoms. The van der Waals surface area contributed by atoms with Gasteiger partial charge in [-0.05, 0) is 54.3 Å². The van der Waals surface area contributed by atoms with Gasteiger partial charge in [0.05, 0.1) is 0 Å². The zero-order valence-corrected chi connectivity index (χ0v) is 16.4. The SMILES string of the molecule is CN1C=CC(C)(c2cccc3c2Cc2ccccc2-3)C(C)(C)C1(C)C. The van der Waals surface area contributed by atoms with Gasteiger partial charge < -0.3 is 4.90 Å². The molecule has 0 N–H and O–H groups in total. The number of nitrogens with zero attached hydrogens (tertiary/aromatic N) is 1. The van der Waals surface area contributed by atoms with Crippen molar-refractivity contribution in [3.05, 3.63) is 71.4 Å². The lowest BCUT2D eigenvalue weighted by molar-refractivity contribution is 0.00237. The van der Waals surface area contributed by atoms with Gasteiger partial charge in [-0.3, -0.25) is 0 Å². The molecule has 2 aliphatic rings. The zero-order valence-electron chi connectivity index (χ0n) is 16.4. The van der Waals surface area contributed by atoms with Gasteiger partial charge in [0.1, 0.15) is 0 Å². The van der Waals surface area contributed by atoms with Crippen LogP contribution in [-0.4, -0.2) is 17.5 Å². The monoisotopic (exact) mass is 331 g/mol. The summed E-state index contributed by atoms with van der Waals surface area (Å²) in [4.78, 5) is 2.37. The highest BCUT2D eigenvalue weighted by atomic mass is 15.2. The fourth-order valence-electron chi connectivity index (χ4n) is 4.80. The molecule has 0 saturated carbocycles. The predicted molar refractivity (Wildman–Crippen MR) is 107 cm³/mol. The fraction of sp³-hybridized carbons (Fsp3) is 0.417. The second kappa shape index (κ2) is 5.00. The van der Waals surface area contributed by atoms with Crippen molar-refractivity contribution >= 4 is 0 Å². The van der Waals surface area contributed by atoms with E-state index < -0.39 is 0 Å². The summed E-state index contributed by atoms with van der Waals surface area (Å²) in [6.07, 6.45) is 5.76. The molecule has 25 heavy (non-hydrogen) atoms. The van der Waals surface area contributed by atoms with Crippen LogP contribution < -0.4 is 0 Å². The molecule has 1 aliphatic carbocycles. The van der Waals surface area contributed by atoms with E-state index in [0.717, 1.165) is 6.42 Å². The number of benzene rings is 2. The van der Waals surface area contributed by atoms with Crippen molar-refractivity contribution in [2.24, 2.45) is 5.41 Å². The van der Waals surface area contributed by atoms with Gasteiger partial charge in [-0.1, -0.05) is 69.3 Å². The minimum absolute atomic E-state index is 0.00358. The molecule has 1 nitrogen and oxygen atoms in total. The van der Waals surface area contributed by atoms with Crippen LogP contribution in [0.15, 0.2) is 54.7 Å². The molecule has 1 aliphatic heterocycles. The van der Waals surface area contributed by atoms with E-state index >= 15 is 0 Å². The first-order valence-electron chi connectivity index (χ1n) is 9.33. The smallest absolute Gasteiger partial charge is 0.0399 e. The van der Waals surface area contributed by atoms with Gasteiger partial charge in [0.25, 0.3) is 0 Å². The number of hydrogen-bond acceptors (Lipinski definition) is 1. The van der Waals surface area contributed by atoms with Crippen molar-refractivity contribution in [3.63, 3.8) is 0 Å². The highest BCUT2D eigenvalue weighted by Crippen LogP contribution is 2.56. The fourth-order valence-corrected chi connectivity index (χ4v) is 4.80. The minimum Gasteiger partial charge on any atom is -0.375 e. The average Bonchev–Trinajstić information content (AvgIpc) is 2.96. The molecule has 1 heteroatoms. The summed E-state index contributed by atoms with van der Waals surface area (Å²) < 4.78 is 0. The summed E-state index contributed by atoms with van der Waals surface area (Å²) >= 11 is 0. The van der Waals surface area contributed by atoms with Gasteiger partial charge in [-0.25, -0.2) is 0 Å². The third kappa shape index (κ3) is 1.96. The van der Waals surface area contributed by atoms with Crippen molar-refractivity contribution in [3.8, 4) is 11.1 Å². The molecule has 130 valence electrons. The summed E-state index contributed by atoms with van der Waals surface area (Å²) in [6, 6.07) is 15.8. The van der Waals surface area contributed by atoms with Crippen LogP contribution in [0.3, 0.4) is 0 Å². The largest absolute Gasteiger partial charge is 0.375 e. The Hall–Kier alpha value is -2.02. The first-order chi connectivity index (χ1) is 11.7. The Bertz CT molecular complexity index is 871. The maximum atomic E-state index is 2.43. The third-order valence-corrected chi connectivity index (χ3v) is 7.75. The highest BCUT2D eigenvalue weighted by molar-refractivity contribution is 5.78. The first kappa shape index (κ1) is 16.4. The number of allylic oxidation sites excluding steroid dienone is 1. The lowest BCUT2D eigenvalue weighted by Crippen LogP contribution is -2.61. The molecule has 2 aromatic rings. The van der Waals surface area contributed by atoms with Crippen LogP contribution in [0.5, 0.6) is 0 Å². The molecule has 1 unspecified atom stereocenters. The highest BCUT2D eigenvalue weighted by Gasteiger charge is 2.54. The number of hydrogen-bond donors (Lipinski definition) is 0. The molecule has 0 radical (unpaired) electrons. The second-order valence-electron chi connectivity index (χ2n) is 8.98. The van der Waals surface area contributed by atoms with Crippen molar-refractivity contribution < 1.29 is 0 Å². The van der Waals surface area contributed by atoms with Gasteiger partial charge >= 0.3 is 0 Å². The Labute approximate surface area is 152 Å². The Morgan fingerprint density at radius 2 is 1.52 bits per heavy atom. The zero-order chi connectivity index (χ0) is 18.0. The summed E-state index contributed by atoms with van der Waals surface area (Å²) in [5.41, 5.74) is 7.47. The number of rotatable bonds is 1. The lowest BCUT2D eigenvalue weighted by atomic mass is 9.52. The van der Waals surface area contributed by atoms with Crippen LogP contribution in [-0.2, 0) is 11.8 Å². The van der Waals surface area contributed by atoms with Crippen LogP contribution in [0.4, 0.5) is 0 Å². The van der Waals surface area contributed by atoms with E-state index in [9.17, 15) is 0 Å².